The van der Waals surface area contributed by atoms with Gasteiger partial charge in [-0.15, -0.1) is 11.3 Å². The van der Waals surface area contributed by atoms with Crippen molar-refractivity contribution in [3.8, 4) is 6.07 Å². The molecule has 0 aliphatic carbocycles. The number of carbonyl (C=O) groups excluding carboxylic acids is 1. The standard InChI is InChI=1S/C12H15IN2OS/c1-9(2)7-15(5-3-4-14)12(16)10-6-11(13)17-8-10/h6,8-9H,3,5,7H2,1-2H3. The van der Waals surface area contributed by atoms with Crippen LogP contribution in [0.5, 0.6) is 0 Å². The second kappa shape index (κ2) is 6.97. The molecule has 17 heavy (non-hydrogen) atoms. The second-order valence-corrected chi connectivity index (χ2v) is 7.00. The third-order valence-corrected chi connectivity index (χ3v) is 3.97. The minimum absolute atomic E-state index is 0.0353. The number of halogens is 1. The molecule has 1 amide bonds. The van der Waals surface area contributed by atoms with Crippen LogP contribution in [0.2, 0.25) is 0 Å². The molecule has 0 saturated carbocycles. The Kier molecular flexibility index (Phi) is 5.92. The van der Waals surface area contributed by atoms with Crippen LogP contribution in [0.4, 0.5) is 0 Å². The Morgan fingerprint density at radius 1 is 1.65 bits per heavy atom. The lowest BCUT2D eigenvalue weighted by Crippen LogP contribution is -2.34. The van der Waals surface area contributed by atoms with Crippen molar-refractivity contribution in [2.45, 2.75) is 20.3 Å². The zero-order valence-corrected chi connectivity index (χ0v) is 12.9. The average molecular weight is 362 g/mol. The van der Waals surface area contributed by atoms with Crippen LogP contribution >= 0.6 is 33.9 Å². The highest BCUT2D eigenvalue weighted by Gasteiger charge is 2.17. The molecule has 0 aliphatic rings. The molecule has 0 aliphatic heterocycles. The van der Waals surface area contributed by atoms with Gasteiger partial charge in [0.2, 0.25) is 0 Å². The molecule has 0 N–H and O–H groups in total. The Hall–Kier alpha value is -0.610. The molecule has 1 rings (SSSR count). The van der Waals surface area contributed by atoms with Gasteiger partial charge in [-0.25, -0.2) is 0 Å². The Balaban J connectivity index is 2.75. The SMILES string of the molecule is CC(C)CN(CCC#N)C(=O)c1csc(I)c1. The Morgan fingerprint density at radius 2 is 2.35 bits per heavy atom. The summed E-state index contributed by atoms with van der Waals surface area (Å²) in [7, 11) is 0. The first kappa shape index (κ1) is 14.5. The summed E-state index contributed by atoms with van der Waals surface area (Å²) in [5.41, 5.74) is 0.734. The van der Waals surface area contributed by atoms with Gasteiger partial charge in [0.25, 0.3) is 5.91 Å². The molecular weight excluding hydrogens is 347 g/mol. The van der Waals surface area contributed by atoms with Gasteiger partial charge in [0.05, 0.1) is 20.9 Å². The second-order valence-electron chi connectivity index (χ2n) is 4.19. The fourth-order valence-electron chi connectivity index (χ4n) is 1.51. The molecule has 1 aromatic rings. The topological polar surface area (TPSA) is 44.1 Å². The molecule has 0 unspecified atom stereocenters. The third-order valence-electron chi connectivity index (χ3n) is 2.18. The van der Waals surface area contributed by atoms with Crippen molar-refractivity contribution in [1.82, 2.24) is 4.90 Å². The summed E-state index contributed by atoms with van der Waals surface area (Å²) in [6.07, 6.45) is 0.389. The molecule has 0 radical (unpaired) electrons. The van der Waals surface area contributed by atoms with E-state index in [9.17, 15) is 4.79 Å². The number of nitrogens with zero attached hydrogens (tertiary/aromatic N) is 2. The lowest BCUT2D eigenvalue weighted by molar-refractivity contribution is 0.0740. The van der Waals surface area contributed by atoms with E-state index in [1.54, 1.807) is 16.2 Å². The zero-order valence-electron chi connectivity index (χ0n) is 9.94. The number of rotatable bonds is 5. The van der Waals surface area contributed by atoms with Crippen LogP contribution in [0.1, 0.15) is 30.6 Å². The van der Waals surface area contributed by atoms with E-state index in [2.05, 4.69) is 42.5 Å². The highest BCUT2D eigenvalue weighted by molar-refractivity contribution is 14.1. The molecule has 0 spiro atoms. The van der Waals surface area contributed by atoms with E-state index >= 15 is 0 Å². The van der Waals surface area contributed by atoms with Gasteiger partial charge in [-0.1, -0.05) is 13.8 Å². The van der Waals surface area contributed by atoms with E-state index in [1.807, 2.05) is 11.4 Å². The maximum atomic E-state index is 12.2. The smallest absolute Gasteiger partial charge is 0.254 e. The summed E-state index contributed by atoms with van der Waals surface area (Å²) in [5, 5.41) is 10.5. The minimum atomic E-state index is 0.0353. The summed E-state index contributed by atoms with van der Waals surface area (Å²) in [6.45, 7) is 5.36. The molecule has 0 bridgehead atoms. The number of nitriles is 1. The van der Waals surface area contributed by atoms with Crippen molar-refractivity contribution >= 4 is 39.8 Å². The van der Waals surface area contributed by atoms with E-state index in [0.717, 1.165) is 8.45 Å². The molecule has 1 heterocycles. The first-order valence-electron chi connectivity index (χ1n) is 5.45. The van der Waals surface area contributed by atoms with Crippen molar-refractivity contribution in [1.29, 1.82) is 5.26 Å². The van der Waals surface area contributed by atoms with Gasteiger partial charge >= 0.3 is 0 Å². The van der Waals surface area contributed by atoms with Crippen molar-refractivity contribution in [3.05, 3.63) is 19.9 Å². The van der Waals surface area contributed by atoms with E-state index in [1.165, 1.54) is 0 Å². The number of amides is 1. The molecule has 92 valence electrons. The number of thiophene rings is 1. The third kappa shape index (κ3) is 4.64. The molecule has 0 atom stereocenters. The van der Waals surface area contributed by atoms with Crippen molar-refractivity contribution in [2.75, 3.05) is 13.1 Å². The molecule has 3 nitrogen and oxygen atoms in total. The number of hydrogen-bond donors (Lipinski definition) is 0. The van der Waals surface area contributed by atoms with Crippen LogP contribution < -0.4 is 0 Å². The molecule has 0 saturated heterocycles. The normalized spacial score (nSPS) is 10.3. The lowest BCUT2D eigenvalue weighted by Gasteiger charge is -2.23. The first-order chi connectivity index (χ1) is 8.04. The minimum Gasteiger partial charge on any atom is -0.337 e. The largest absolute Gasteiger partial charge is 0.337 e. The highest BCUT2D eigenvalue weighted by atomic mass is 127. The Labute approximate surface area is 120 Å². The molecule has 0 fully saturated rings. The Morgan fingerprint density at radius 3 is 2.82 bits per heavy atom. The van der Waals surface area contributed by atoms with Crippen LogP contribution in [-0.2, 0) is 0 Å². The van der Waals surface area contributed by atoms with Gasteiger partial charge < -0.3 is 4.90 Å². The van der Waals surface area contributed by atoms with E-state index in [-0.39, 0.29) is 5.91 Å². The number of hydrogen-bond acceptors (Lipinski definition) is 3. The van der Waals surface area contributed by atoms with Gasteiger partial charge in [0.1, 0.15) is 0 Å². The fraction of sp³-hybridized carbons (Fsp3) is 0.500. The van der Waals surface area contributed by atoms with Crippen molar-refractivity contribution in [3.63, 3.8) is 0 Å². The van der Waals surface area contributed by atoms with Gasteiger partial charge in [0.15, 0.2) is 0 Å². The van der Waals surface area contributed by atoms with Crippen LogP contribution in [0.15, 0.2) is 11.4 Å². The summed E-state index contributed by atoms with van der Waals surface area (Å²) in [4.78, 5) is 14.0. The summed E-state index contributed by atoms with van der Waals surface area (Å²) in [6, 6.07) is 3.99. The zero-order chi connectivity index (χ0) is 12.8. The first-order valence-corrected chi connectivity index (χ1v) is 7.40. The quantitative estimate of drug-likeness (QED) is 0.754. The van der Waals surface area contributed by atoms with Crippen LogP contribution in [-0.4, -0.2) is 23.9 Å². The van der Waals surface area contributed by atoms with Gasteiger partial charge in [0, 0.05) is 18.5 Å². The lowest BCUT2D eigenvalue weighted by atomic mass is 10.2. The van der Waals surface area contributed by atoms with Gasteiger partial charge in [-0.3, -0.25) is 4.79 Å². The van der Waals surface area contributed by atoms with Gasteiger partial charge in [-0.2, -0.15) is 5.26 Å². The van der Waals surface area contributed by atoms with Crippen LogP contribution in [0, 0.1) is 20.1 Å². The van der Waals surface area contributed by atoms with Crippen LogP contribution in [0.25, 0.3) is 0 Å². The molecule has 1 aromatic heterocycles. The predicted octanol–water partition coefficient (Wildman–Crippen LogP) is 3.36. The number of carbonyl (C=O) groups is 1. The summed E-state index contributed by atoms with van der Waals surface area (Å²) < 4.78 is 1.11. The van der Waals surface area contributed by atoms with Crippen molar-refractivity contribution < 1.29 is 4.79 Å². The van der Waals surface area contributed by atoms with Crippen LogP contribution in [0.3, 0.4) is 0 Å². The fourth-order valence-corrected chi connectivity index (χ4v) is 2.83. The summed E-state index contributed by atoms with van der Waals surface area (Å²) >= 11 is 3.77. The molecule has 0 aromatic carbocycles. The Bertz CT molecular complexity index is 422. The highest BCUT2D eigenvalue weighted by Crippen LogP contribution is 2.18. The molecular formula is C12H15IN2OS. The van der Waals surface area contributed by atoms with Crippen molar-refractivity contribution in [2.24, 2.45) is 5.92 Å². The van der Waals surface area contributed by atoms with E-state index < -0.39 is 0 Å². The average Bonchev–Trinajstić information content (AvgIpc) is 2.69. The summed E-state index contributed by atoms with van der Waals surface area (Å²) in [5.74, 6) is 0.448. The molecule has 5 heteroatoms. The van der Waals surface area contributed by atoms with E-state index in [0.29, 0.717) is 25.4 Å². The maximum absolute atomic E-state index is 12.2. The maximum Gasteiger partial charge on any atom is 0.254 e. The van der Waals surface area contributed by atoms with E-state index in [4.69, 9.17) is 5.26 Å². The monoisotopic (exact) mass is 362 g/mol. The van der Waals surface area contributed by atoms with Gasteiger partial charge in [-0.05, 0) is 34.6 Å². The predicted molar refractivity (Wildman–Crippen MR) is 78.0 cm³/mol.